The summed E-state index contributed by atoms with van der Waals surface area (Å²) in [6.45, 7) is 0. The summed E-state index contributed by atoms with van der Waals surface area (Å²) in [5.41, 5.74) is 6.28. The predicted octanol–water partition coefficient (Wildman–Crippen LogP) is -1.02. The van der Waals surface area contributed by atoms with Crippen molar-refractivity contribution in [1.82, 2.24) is 4.37 Å². The smallest absolute Gasteiger partial charge is 0.281 e. The van der Waals surface area contributed by atoms with Gasteiger partial charge in [-0.15, -0.1) is 0 Å². The van der Waals surface area contributed by atoms with Crippen LogP contribution in [0.2, 0.25) is 0 Å². The van der Waals surface area contributed by atoms with Gasteiger partial charge in [0.2, 0.25) is 0 Å². The van der Waals surface area contributed by atoms with Crippen LogP contribution in [0.25, 0.3) is 0 Å². The lowest BCUT2D eigenvalue weighted by atomic mass is 10.6. The Balaban J connectivity index is 3.12. The van der Waals surface area contributed by atoms with Gasteiger partial charge in [0.25, 0.3) is 16.3 Å². The molecule has 0 unspecified atom stereocenters. The van der Waals surface area contributed by atoms with Crippen LogP contribution in [0.5, 0.6) is 0 Å². The van der Waals surface area contributed by atoms with Crippen molar-refractivity contribution in [2.45, 2.75) is 0 Å². The molecule has 1 heterocycles. The summed E-state index contributed by atoms with van der Waals surface area (Å²) < 4.78 is 5.11. The summed E-state index contributed by atoms with van der Waals surface area (Å²) in [4.78, 5) is 0. The molecule has 0 aliphatic heterocycles. The molecule has 0 atom stereocenters. The van der Waals surface area contributed by atoms with Gasteiger partial charge in [0.15, 0.2) is 0 Å². The average molecular weight is 128 g/mol. The molecule has 2 nitrogen and oxygen atoms in total. The second-order valence-corrected chi connectivity index (χ2v) is 4.07. The number of anilines is 1. The van der Waals surface area contributed by atoms with Crippen LogP contribution in [-0.4, -0.2) is 20.7 Å². The van der Waals surface area contributed by atoms with E-state index in [0.29, 0.717) is 0 Å². The molecule has 0 bridgehead atoms. The van der Waals surface area contributed by atoms with Crippen LogP contribution in [0.15, 0.2) is 6.20 Å². The van der Waals surface area contributed by atoms with Crippen molar-refractivity contribution in [2.75, 3.05) is 5.73 Å². The fraction of sp³-hybridized carbons (Fsp3) is 0. The summed E-state index contributed by atoms with van der Waals surface area (Å²) in [6.07, 6.45) is 1.70. The van der Waals surface area contributed by atoms with Gasteiger partial charge in [-0.1, -0.05) is 11.5 Å². The van der Waals surface area contributed by atoms with E-state index in [9.17, 15) is 0 Å². The van der Waals surface area contributed by atoms with Crippen molar-refractivity contribution in [3.8, 4) is 0 Å². The molecule has 4 heteroatoms. The predicted molar refractivity (Wildman–Crippen MR) is 34.7 cm³/mol. The van der Waals surface area contributed by atoms with Gasteiger partial charge in [-0.25, -0.2) is 4.37 Å². The number of hydrogen-bond acceptors (Lipinski definition) is 3. The number of rotatable bonds is 0. The van der Waals surface area contributed by atoms with E-state index in [1.54, 1.807) is 6.20 Å². The second kappa shape index (κ2) is 1.83. The minimum Gasteiger partial charge on any atom is -0.398 e. The molecule has 0 saturated heterocycles. The zero-order chi connectivity index (χ0) is 5.28. The number of nitrogens with zero attached hydrogens (tertiary/aromatic N) is 1. The van der Waals surface area contributed by atoms with Crippen molar-refractivity contribution < 1.29 is 0 Å². The van der Waals surface area contributed by atoms with E-state index >= 15 is 0 Å². The number of aromatic nitrogens is 1. The SMILES string of the molecule is Nc1cns[c]1[AlH2]. The zero-order valence-corrected chi connectivity index (χ0v) is 6.83. The van der Waals surface area contributed by atoms with Gasteiger partial charge >= 0.3 is 0 Å². The molecular weight excluding hydrogens is 123 g/mol. The Hall–Kier alpha value is -0.0375. The minimum absolute atomic E-state index is 0.858. The maximum Gasteiger partial charge on any atom is 0.281 e. The van der Waals surface area contributed by atoms with Crippen LogP contribution in [0.1, 0.15) is 0 Å². The fourth-order valence-corrected chi connectivity index (χ4v) is 1.23. The van der Waals surface area contributed by atoms with Gasteiger partial charge in [-0.2, -0.15) is 0 Å². The maximum absolute atomic E-state index is 5.42. The van der Waals surface area contributed by atoms with Crippen LogP contribution in [0, 0.1) is 0 Å². The van der Waals surface area contributed by atoms with Gasteiger partial charge in [0, 0.05) is 5.69 Å². The van der Waals surface area contributed by atoms with Crippen LogP contribution >= 0.6 is 11.5 Å². The maximum atomic E-state index is 5.42. The molecule has 0 aliphatic carbocycles. The van der Waals surface area contributed by atoms with Crippen LogP contribution < -0.4 is 9.47 Å². The Labute approximate surface area is 53.9 Å². The van der Waals surface area contributed by atoms with Crippen molar-refractivity contribution in [3.63, 3.8) is 0 Å². The zero-order valence-electron chi connectivity index (χ0n) is 4.01. The number of hydrogen-bond donors (Lipinski definition) is 1. The molecule has 0 spiro atoms. The monoisotopic (exact) mass is 128 g/mol. The van der Waals surface area contributed by atoms with Gasteiger partial charge in [0.05, 0.1) is 6.20 Å². The van der Waals surface area contributed by atoms with Gasteiger partial charge < -0.3 is 5.73 Å². The Morgan fingerprint density at radius 1 is 1.86 bits per heavy atom. The molecule has 0 fully saturated rings. The van der Waals surface area contributed by atoms with E-state index in [0.717, 1.165) is 22.0 Å². The van der Waals surface area contributed by atoms with Gasteiger partial charge in [-0.05, 0) is 3.74 Å². The van der Waals surface area contributed by atoms with Crippen molar-refractivity contribution >= 4 is 37.2 Å². The van der Waals surface area contributed by atoms with E-state index in [-0.39, 0.29) is 0 Å². The first-order valence-corrected chi connectivity index (χ1v) is 3.75. The highest BCUT2D eigenvalue weighted by Gasteiger charge is 1.89. The highest BCUT2D eigenvalue weighted by atomic mass is 32.1. The third-order valence-corrected chi connectivity index (χ3v) is 2.63. The van der Waals surface area contributed by atoms with Crippen molar-refractivity contribution in [3.05, 3.63) is 6.20 Å². The summed E-state index contributed by atoms with van der Waals surface area (Å²) in [6, 6.07) is 0. The van der Waals surface area contributed by atoms with E-state index in [2.05, 4.69) is 4.37 Å². The average Bonchev–Trinajstić information content (AvgIpc) is 1.91. The molecular formula is C3H5AlN2S. The Bertz CT molecular complexity index is 145. The normalized spacial score (nSPS) is 9.14. The van der Waals surface area contributed by atoms with E-state index in [1.165, 1.54) is 15.3 Å². The van der Waals surface area contributed by atoms with Crippen LogP contribution in [0.4, 0.5) is 5.69 Å². The second-order valence-electron chi connectivity index (χ2n) is 1.34. The molecule has 1 aromatic heterocycles. The van der Waals surface area contributed by atoms with Crippen molar-refractivity contribution in [1.29, 1.82) is 0 Å². The van der Waals surface area contributed by atoms with Crippen LogP contribution in [0.3, 0.4) is 0 Å². The molecule has 1 rings (SSSR count). The highest BCUT2D eigenvalue weighted by Crippen LogP contribution is 1.94. The van der Waals surface area contributed by atoms with E-state index in [1.807, 2.05) is 0 Å². The lowest BCUT2D eigenvalue weighted by molar-refractivity contribution is 1.58. The van der Waals surface area contributed by atoms with Crippen LogP contribution in [-0.2, 0) is 0 Å². The first-order chi connectivity index (χ1) is 3.30. The summed E-state index contributed by atoms with van der Waals surface area (Å²) in [7, 11) is 0. The van der Waals surface area contributed by atoms with E-state index in [4.69, 9.17) is 5.73 Å². The quantitative estimate of drug-likeness (QED) is 0.454. The molecule has 0 radical (unpaired) electrons. The molecule has 36 valence electrons. The van der Waals surface area contributed by atoms with Gasteiger partial charge in [0.1, 0.15) is 0 Å². The Morgan fingerprint density at radius 2 is 2.57 bits per heavy atom. The first kappa shape index (κ1) is 5.11. The van der Waals surface area contributed by atoms with E-state index < -0.39 is 0 Å². The molecule has 2 N–H and O–H groups in total. The lowest BCUT2D eigenvalue weighted by Gasteiger charge is -1.79. The minimum atomic E-state index is 0.858. The number of nitrogens with two attached hydrogens (primary N) is 1. The summed E-state index contributed by atoms with van der Waals surface area (Å²) >= 11 is 2.52. The largest absolute Gasteiger partial charge is 0.398 e. The Morgan fingerprint density at radius 3 is 2.71 bits per heavy atom. The molecule has 0 saturated carbocycles. The fourth-order valence-electron chi connectivity index (χ4n) is 0.306. The van der Waals surface area contributed by atoms with Crippen molar-refractivity contribution in [2.24, 2.45) is 0 Å². The van der Waals surface area contributed by atoms with Gasteiger partial charge in [-0.3, -0.25) is 0 Å². The summed E-state index contributed by atoms with van der Waals surface area (Å²) in [5, 5.41) is 0. The third kappa shape index (κ3) is 0.943. The topological polar surface area (TPSA) is 38.9 Å². The molecule has 0 amide bonds. The molecule has 0 aliphatic rings. The molecule has 1 aromatic rings. The highest BCUT2D eigenvalue weighted by molar-refractivity contribution is 7.15. The lowest BCUT2D eigenvalue weighted by Crippen LogP contribution is -2.00. The standard InChI is InChI=1S/C3H3N2S.Al.2H/c4-3-1-5-6-2-3;;;/h1H,4H2;;;. The first-order valence-electron chi connectivity index (χ1n) is 1.97. The third-order valence-electron chi connectivity index (χ3n) is 0.788. The molecule has 7 heavy (non-hydrogen) atoms. The summed E-state index contributed by atoms with van der Waals surface area (Å²) in [5.74, 6) is 0. The Kier molecular flexibility index (Phi) is 1.33. The number of nitrogen functional groups attached to an aromatic ring is 1. The molecule has 0 aromatic carbocycles.